The molecule has 20 heavy (non-hydrogen) atoms. The summed E-state index contributed by atoms with van der Waals surface area (Å²) in [6.45, 7) is 6.80. The second-order valence-corrected chi connectivity index (χ2v) is 6.28. The summed E-state index contributed by atoms with van der Waals surface area (Å²) < 4.78 is 10.8. The van der Waals surface area contributed by atoms with E-state index in [0.717, 1.165) is 0 Å². The van der Waals surface area contributed by atoms with E-state index in [4.69, 9.17) is 9.47 Å². The SMILES string of the molecule is CC(C)COC[C@@H]1C[C@@]2(C[C@@H](C)C(=O)C=C2O)C(=O)O1. The molecule has 0 amide bonds. The van der Waals surface area contributed by atoms with Crippen LogP contribution >= 0.6 is 0 Å². The molecular weight excluding hydrogens is 260 g/mol. The molecule has 5 heteroatoms. The second kappa shape index (κ2) is 5.56. The largest absolute Gasteiger partial charge is 0.511 e. The molecule has 0 aromatic rings. The lowest BCUT2D eigenvalue weighted by molar-refractivity contribution is -0.151. The summed E-state index contributed by atoms with van der Waals surface area (Å²) in [6.07, 6.45) is 1.52. The summed E-state index contributed by atoms with van der Waals surface area (Å²) in [4.78, 5) is 23.7. The molecule has 0 aromatic heterocycles. The van der Waals surface area contributed by atoms with Gasteiger partial charge in [0.1, 0.15) is 17.3 Å². The monoisotopic (exact) mass is 282 g/mol. The first-order valence-corrected chi connectivity index (χ1v) is 7.09. The molecule has 2 rings (SSSR count). The van der Waals surface area contributed by atoms with Crippen LogP contribution in [0.25, 0.3) is 0 Å². The molecule has 1 saturated heterocycles. The van der Waals surface area contributed by atoms with Crippen molar-refractivity contribution in [2.45, 2.75) is 39.7 Å². The van der Waals surface area contributed by atoms with Crippen LogP contribution < -0.4 is 0 Å². The maximum atomic E-state index is 12.1. The van der Waals surface area contributed by atoms with Gasteiger partial charge in [0.2, 0.25) is 0 Å². The molecule has 1 spiro atoms. The van der Waals surface area contributed by atoms with Gasteiger partial charge in [0.25, 0.3) is 0 Å². The molecule has 1 aliphatic carbocycles. The molecule has 1 heterocycles. The standard InChI is InChI=1S/C15H22O5/c1-9(2)7-19-8-11-6-15(14(18)20-11)5-10(3)12(16)4-13(15)17/h4,9-11,17H,5-8H2,1-3H3/t10-,11+,15-/m1/s1. The molecular formula is C15H22O5. The predicted molar refractivity (Wildman–Crippen MR) is 72.1 cm³/mol. The predicted octanol–water partition coefficient (Wildman–Crippen LogP) is 2.01. The van der Waals surface area contributed by atoms with Crippen molar-refractivity contribution in [1.82, 2.24) is 0 Å². The number of aliphatic hydroxyl groups excluding tert-OH is 1. The fourth-order valence-electron chi connectivity index (χ4n) is 2.82. The molecule has 5 nitrogen and oxygen atoms in total. The molecule has 3 atom stereocenters. The Balaban J connectivity index is 2.05. The van der Waals surface area contributed by atoms with E-state index >= 15 is 0 Å². The van der Waals surface area contributed by atoms with Crippen LogP contribution in [0.3, 0.4) is 0 Å². The van der Waals surface area contributed by atoms with Crippen molar-refractivity contribution in [1.29, 1.82) is 0 Å². The molecule has 1 fully saturated rings. The third-order valence-electron chi connectivity index (χ3n) is 3.91. The number of rotatable bonds is 4. The van der Waals surface area contributed by atoms with Crippen molar-refractivity contribution in [3.05, 3.63) is 11.8 Å². The van der Waals surface area contributed by atoms with Crippen molar-refractivity contribution >= 4 is 11.8 Å². The Morgan fingerprint density at radius 1 is 1.45 bits per heavy atom. The van der Waals surface area contributed by atoms with Gasteiger partial charge in [-0.15, -0.1) is 0 Å². The maximum absolute atomic E-state index is 12.1. The summed E-state index contributed by atoms with van der Waals surface area (Å²) in [5.41, 5.74) is -1.04. The van der Waals surface area contributed by atoms with Gasteiger partial charge >= 0.3 is 5.97 Å². The van der Waals surface area contributed by atoms with Gasteiger partial charge in [0, 0.05) is 25.0 Å². The van der Waals surface area contributed by atoms with Gasteiger partial charge in [0.05, 0.1) is 6.61 Å². The lowest BCUT2D eigenvalue weighted by atomic mass is 9.71. The van der Waals surface area contributed by atoms with E-state index in [1.54, 1.807) is 6.92 Å². The van der Waals surface area contributed by atoms with Gasteiger partial charge in [-0.25, -0.2) is 0 Å². The van der Waals surface area contributed by atoms with E-state index in [-0.39, 0.29) is 23.6 Å². The van der Waals surface area contributed by atoms with Gasteiger partial charge < -0.3 is 14.6 Å². The van der Waals surface area contributed by atoms with Crippen LogP contribution in [0, 0.1) is 17.3 Å². The summed E-state index contributed by atoms with van der Waals surface area (Å²) in [6, 6.07) is 0. The average Bonchev–Trinajstić information content (AvgIpc) is 2.64. The Morgan fingerprint density at radius 2 is 2.15 bits per heavy atom. The molecule has 0 saturated carbocycles. The lowest BCUT2D eigenvalue weighted by Gasteiger charge is -2.30. The summed E-state index contributed by atoms with van der Waals surface area (Å²) in [5, 5.41) is 10.0. The molecule has 0 unspecified atom stereocenters. The number of ether oxygens (including phenoxy) is 2. The minimum atomic E-state index is -1.04. The van der Waals surface area contributed by atoms with E-state index in [1.807, 2.05) is 13.8 Å². The van der Waals surface area contributed by atoms with E-state index < -0.39 is 11.4 Å². The maximum Gasteiger partial charge on any atom is 0.320 e. The van der Waals surface area contributed by atoms with E-state index in [9.17, 15) is 14.7 Å². The van der Waals surface area contributed by atoms with Gasteiger partial charge in [0.15, 0.2) is 5.78 Å². The molecule has 0 radical (unpaired) electrons. The highest BCUT2D eigenvalue weighted by Gasteiger charge is 2.55. The third-order valence-corrected chi connectivity index (χ3v) is 3.91. The molecule has 112 valence electrons. The van der Waals surface area contributed by atoms with Crippen molar-refractivity contribution in [2.24, 2.45) is 17.3 Å². The van der Waals surface area contributed by atoms with E-state index in [2.05, 4.69) is 0 Å². The Kier molecular flexibility index (Phi) is 4.18. The minimum absolute atomic E-state index is 0.138. The first-order chi connectivity index (χ1) is 9.35. The third kappa shape index (κ3) is 2.73. The van der Waals surface area contributed by atoms with Crippen LogP contribution in [-0.2, 0) is 19.1 Å². The smallest absolute Gasteiger partial charge is 0.320 e. The average molecular weight is 282 g/mol. The van der Waals surface area contributed by atoms with Crippen molar-refractivity contribution < 1.29 is 24.2 Å². The first-order valence-electron chi connectivity index (χ1n) is 7.09. The molecule has 2 aliphatic rings. The Bertz CT molecular complexity index is 440. The van der Waals surface area contributed by atoms with Crippen LogP contribution in [0.2, 0.25) is 0 Å². The number of carbonyl (C=O) groups excluding carboxylic acids is 2. The highest BCUT2D eigenvalue weighted by atomic mass is 16.6. The van der Waals surface area contributed by atoms with Gasteiger partial charge in [-0.2, -0.15) is 0 Å². The zero-order valence-corrected chi connectivity index (χ0v) is 12.2. The Hall–Kier alpha value is -1.36. The normalized spacial score (nSPS) is 33.7. The Morgan fingerprint density at radius 3 is 2.80 bits per heavy atom. The highest BCUT2D eigenvalue weighted by Crippen LogP contribution is 2.47. The quantitative estimate of drug-likeness (QED) is 0.798. The van der Waals surface area contributed by atoms with Crippen LogP contribution in [0.15, 0.2) is 11.8 Å². The van der Waals surface area contributed by atoms with E-state index in [0.29, 0.717) is 32.0 Å². The molecule has 1 aliphatic heterocycles. The number of carbonyl (C=O) groups is 2. The summed E-state index contributed by atoms with van der Waals surface area (Å²) in [5.74, 6) is -0.586. The second-order valence-electron chi connectivity index (χ2n) is 6.28. The lowest BCUT2D eigenvalue weighted by Crippen LogP contribution is -2.37. The highest BCUT2D eigenvalue weighted by molar-refractivity contribution is 5.96. The van der Waals surface area contributed by atoms with Crippen LogP contribution in [0.4, 0.5) is 0 Å². The van der Waals surface area contributed by atoms with E-state index in [1.165, 1.54) is 6.08 Å². The molecule has 0 aromatic carbocycles. The Labute approximate surface area is 118 Å². The number of cyclic esters (lactones) is 1. The van der Waals surface area contributed by atoms with Gasteiger partial charge in [-0.3, -0.25) is 9.59 Å². The first kappa shape index (κ1) is 15.0. The van der Waals surface area contributed by atoms with Gasteiger partial charge in [-0.05, 0) is 12.3 Å². The van der Waals surface area contributed by atoms with Crippen molar-refractivity contribution in [2.75, 3.05) is 13.2 Å². The number of hydrogen-bond donors (Lipinski definition) is 1. The number of ketones is 1. The van der Waals surface area contributed by atoms with Crippen molar-refractivity contribution in [3.63, 3.8) is 0 Å². The van der Waals surface area contributed by atoms with Crippen LogP contribution in [-0.4, -0.2) is 36.2 Å². The molecule has 0 bridgehead atoms. The fourth-order valence-corrected chi connectivity index (χ4v) is 2.82. The zero-order valence-electron chi connectivity index (χ0n) is 12.2. The summed E-state index contributed by atoms with van der Waals surface area (Å²) in [7, 11) is 0. The zero-order chi connectivity index (χ0) is 14.9. The minimum Gasteiger partial charge on any atom is -0.511 e. The van der Waals surface area contributed by atoms with Crippen molar-refractivity contribution in [3.8, 4) is 0 Å². The topological polar surface area (TPSA) is 72.8 Å². The van der Waals surface area contributed by atoms with Crippen LogP contribution in [0.5, 0.6) is 0 Å². The summed E-state index contributed by atoms with van der Waals surface area (Å²) >= 11 is 0. The number of allylic oxidation sites excluding steroid dienone is 1. The van der Waals surface area contributed by atoms with Crippen LogP contribution in [0.1, 0.15) is 33.6 Å². The number of esters is 1. The fraction of sp³-hybridized carbons (Fsp3) is 0.733. The number of aliphatic hydroxyl groups is 1. The number of hydrogen-bond acceptors (Lipinski definition) is 5. The molecule has 1 N–H and O–H groups in total. The van der Waals surface area contributed by atoms with Gasteiger partial charge in [-0.1, -0.05) is 20.8 Å².